The molecule has 0 saturated carbocycles. The van der Waals surface area contributed by atoms with E-state index in [0.29, 0.717) is 25.9 Å². The molecule has 1 aliphatic rings. The molecular formula is C8H15NNa2O4. The first-order valence-corrected chi connectivity index (χ1v) is 4.29. The van der Waals surface area contributed by atoms with Crippen molar-refractivity contribution in [1.29, 1.82) is 0 Å². The van der Waals surface area contributed by atoms with Gasteiger partial charge >= 0.3 is 71.1 Å². The second-order valence-electron chi connectivity index (χ2n) is 3.24. The van der Waals surface area contributed by atoms with Crippen molar-refractivity contribution in [3.8, 4) is 0 Å². The van der Waals surface area contributed by atoms with Gasteiger partial charge in [0.2, 0.25) is 0 Å². The van der Waals surface area contributed by atoms with Crippen LogP contribution in [0.3, 0.4) is 0 Å². The molecule has 78 valence electrons. The van der Waals surface area contributed by atoms with Crippen LogP contribution in [0.2, 0.25) is 0 Å². The van der Waals surface area contributed by atoms with E-state index in [0.717, 1.165) is 0 Å². The zero-order chi connectivity index (χ0) is 9.84. The van der Waals surface area contributed by atoms with Crippen molar-refractivity contribution in [2.45, 2.75) is 12.8 Å². The molecule has 1 rings (SSSR count). The van der Waals surface area contributed by atoms with Crippen LogP contribution in [0.25, 0.3) is 0 Å². The van der Waals surface area contributed by atoms with Gasteiger partial charge in [0, 0.05) is 0 Å². The van der Waals surface area contributed by atoms with E-state index in [4.69, 9.17) is 10.2 Å². The summed E-state index contributed by atoms with van der Waals surface area (Å²) < 4.78 is 0. The third-order valence-corrected chi connectivity index (χ3v) is 2.39. The van der Waals surface area contributed by atoms with Gasteiger partial charge in [-0.05, 0) is 31.8 Å². The van der Waals surface area contributed by atoms with E-state index in [9.17, 15) is 9.59 Å². The Labute approximate surface area is 133 Å². The Morgan fingerprint density at radius 1 is 1.07 bits per heavy atom. The van der Waals surface area contributed by atoms with Gasteiger partial charge in [0.1, 0.15) is 0 Å². The van der Waals surface area contributed by atoms with Crippen LogP contribution in [-0.4, -0.2) is 94.4 Å². The fourth-order valence-corrected chi connectivity index (χ4v) is 1.69. The molecule has 0 radical (unpaired) electrons. The van der Waals surface area contributed by atoms with Gasteiger partial charge < -0.3 is 15.5 Å². The van der Waals surface area contributed by atoms with Crippen LogP contribution in [0.4, 0.5) is 0 Å². The molecule has 0 aromatic carbocycles. The van der Waals surface area contributed by atoms with E-state index < -0.39 is 17.9 Å². The zero-order valence-electron chi connectivity index (χ0n) is 7.19. The quantitative estimate of drug-likeness (QED) is 0.408. The first-order valence-electron chi connectivity index (χ1n) is 4.29. The van der Waals surface area contributed by atoms with E-state index in [1.54, 1.807) is 0 Å². The molecule has 1 saturated heterocycles. The maximum absolute atomic E-state index is 10.6. The number of carboxylic acids is 2. The molecule has 3 N–H and O–H groups in total. The Kier molecular flexibility index (Phi) is 10.9. The first kappa shape index (κ1) is 18.3. The summed E-state index contributed by atoms with van der Waals surface area (Å²) in [5.41, 5.74) is 0. The number of carbonyl (C=O) groups is 2. The van der Waals surface area contributed by atoms with Gasteiger partial charge in [-0.15, -0.1) is 0 Å². The van der Waals surface area contributed by atoms with Gasteiger partial charge in [-0.1, -0.05) is 0 Å². The number of nitrogens with one attached hydrogen (secondary N) is 1. The second-order valence-corrected chi connectivity index (χ2v) is 3.24. The number of hydrogen-bond acceptors (Lipinski definition) is 3. The molecule has 1 heterocycles. The van der Waals surface area contributed by atoms with E-state index in [1.165, 1.54) is 0 Å². The molecule has 0 atom stereocenters. The summed E-state index contributed by atoms with van der Waals surface area (Å²) in [5, 5.41) is 20.5. The van der Waals surface area contributed by atoms with E-state index in [2.05, 4.69) is 5.32 Å². The van der Waals surface area contributed by atoms with Crippen LogP contribution < -0.4 is 5.32 Å². The van der Waals surface area contributed by atoms with E-state index in [-0.39, 0.29) is 65.0 Å². The Bertz CT molecular complexity index is 205. The third kappa shape index (κ3) is 5.68. The Hall–Kier alpha value is 0.900. The topological polar surface area (TPSA) is 86.6 Å². The molecule has 1 fully saturated rings. The summed E-state index contributed by atoms with van der Waals surface area (Å²) in [7, 11) is 0. The molecule has 0 unspecified atom stereocenters. The fourth-order valence-electron chi connectivity index (χ4n) is 1.69. The first-order chi connectivity index (χ1) is 6.13. The summed E-state index contributed by atoms with van der Waals surface area (Å²) in [5.74, 6) is -3.91. The van der Waals surface area contributed by atoms with Crippen molar-refractivity contribution in [3.63, 3.8) is 0 Å². The molecule has 0 spiro atoms. The molecule has 1 aliphatic heterocycles. The van der Waals surface area contributed by atoms with Crippen LogP contribution in [0.1, 0.15) is 12.8 Å². The van der Waals surface area contributed by atoms with Crippen molar-refractivity contribution in [2.24, 2.45) is 11.8 Å². The van der Waals surface area contributed by atoms with E-state index in [1.807, 2.05) is 0 Å². The van der Waals surface area contributed by atoms with Crippen molar-refractivity contribution < 1.29 is 19.8 Å². The van der Waals surface area contributed by atoms with Crippen molar-refractivity contribution in [1.82, 2.24) is 5.32 Å². The second kappa shape index (κ2) is 8.98. The number of rotatable bonds is 3. The molecular weight excluding hydrogens is 220 g/mol. The Morgan fingerprint density at radius 3 is 1.80 bits per heavy atom. The van der Waals surface area contributed by atoms with Crippen molar-refractivity contribution >= 4 is 71.1 Å². The van der Waals surface area contributed by atoms with Crippen LogP contribution in [-0.2, 0) is 9.59 Å². The predicted molar refractivity (Wildman–Crippen MR) is 58.7 cm³/mol. The molecule has 0 aromatic heterocycles. The van der Waals surface area contributed by atoms with Gasteiger partial charge in [0.05, 0.1) is 0 Å². The molecule has 0 aliphatic carbocycles. The Morgan fingerprint density at radius 2 is 1.47 bits per heavy atom. The normalized spacial score (nSPS) is 16.3. The van der Waals surface area contributed by atoms with Crippen molar-refractivity contribution in [3.05, 3.63) is 0 Å². The number of carboxylic acid groups (broad SMARTS) is 2. The third-order valence-electron chi connectivity index (χ3n) is 2.39. The van der Waals surface area contributed by atoms with Gasteiger partial charge in [-0.3, -0.25) is 9.59 Å². The minimum atomic E-state index is -1.23. The van der Waals surface area contributed by atoms with Crippen LogP contribution in [0.15, 0.2) is 0 Å². The standard InChI is InChI=1S/C8H13NO4.2Na.2H/c10-7(11)6(8(12)13)5-1-3-9-4-2-5;;;;/h5-6,9H,1-4H2,(H,10,11)(H,12,13);;;;. The molecule has 0 amide bonds. The number of aliphatic carboxylic acids is 2. The van der Waals surface area contributed by atoms with Crippen molar-refractivity contribution in [2.75, 3.05) is 13.1 Å². The molecule has 0 bridgehead atoms. The minimum absolute atomic E-state index is 0. The summed E-state index contributed by atoms with van der Waals surface area (Å²) >= 11 is 0. The predicted octanol–water partition coefficient (Wildman–Crippen LogP) is -1.53. The average Bonchev–Trinajstić information content (AvgIpc) is 2.04. The molecule has 15 heavy (non-hydrogen) atoms. The van der Waals surface area contributed by atoms with Gasteiger partial charge in [-0.25, -0.2) is 0 Å². The molecule has 0 aromatic rings. The van der Waals surface area contributed by atoms with Crippen LogP contribution >= 0.6 is 0 Å². The molecule has 5 nitrogen and oxygen atoms in total. The summed E-state index contributed by atoms with van der Waals surface area (Å²) in [6, 6.07) is 0. The monoisotopic (exact) mass is 235 g/mol. The summed E-state index contributed by atoms with van der Waals surface area (Å²) in [6.07, 6.45) is 1.26. The molecule has 7 heteroatoms. The Balaban J connectivity index is 0. The maximum atomic E-state index is 10.6. The average molecular weight is 235 g/mol. The SMILES string of the molecule is O=C(O)C(C(=O)O)C1CCNCC1.[NaH].[NaH]. The van der Waals surface area contributed by atoms with E-state index >= 15 is 0 Å². The number of piperidine rings is 1. The van der Waals surface area contributed by atoms with Gasteiger partial charge in [0.25, 0.3) is 0 Å². The summed E-state index contributed by atoms with van der Waals surface area (Å²) in [6.45, 7) is 1.42. The van der Waals surface area contributed by atoms with Crippen LogP contribution in [0.5, 0.6) is 0 Å². The van der Waals surface area contributed by atoms with Gasteiger partial charge in [0.15, 0.2) is 5.92 Å². The number of hydrogen-bond donors (Lipinski definition) is 3. The zero-order valence-corrected chi connectivity index (χ0v) is 7.19. The van der Waals surface area contributed by atoms with Gasteiger partial charge in [-0.2, -0.15) is 0 Å². The van der Waals surface area contributed by atoms with Crippen LogP contribution in [0, 0.1) is 11.8 Å². The fraction of sp³-hybridized carbons (Fsp3) is 0.750. The summed E-state index contributed by atoms with van der Waals surface area (Å²) in [4.78, 5) is 21.3.